The molecule has 1 aliphatic rings. The highest BCUT2D eigenvalue weighted by atomic mass is 19.4. The lowest BCUT2D eigenvalue weighted by molar-refractivity contribution is -0.0925. The van der Waals surface area contributed by atoms with Gasteiger partial charge in [-0.25, -0.2) is 0 Å². The molecule has 158 valence electrons. The van der Waals surface area contributed by atoms with Crippen molar-refractivity contribution in [2.24, 2.45) is 5.73 Å². The van der Waals surface area contributed by atoms with Crippen molar-refractivity contribution in [2.45, 2.75) is 25.4 Å². The van der Waals surface area contributed by atoms with Crippen molar-refractivity contribution >= 4 is 22.8 Å². The number of rotatable bonds is 3. The van der Waals surface area contributed by atoms with E-state index in [0.29, 0.717) is 11.8 Å². The molecule has 0 radical (unpaired) electrons. The van der Waals surface area contributed by atoms with Crippen LogP contribution < -0.4 is 10.6 Å². The molecule has 4 nitrogen and oxygen atoms in total. The Morgan fingerprint density at radius 1 is 1.00 bits per heavy atom. The van der Waals surface area contributed by atoms with Gasteiger partial charge in [-0.15, -0.1) is 0 Å². The second kappa shape index (κ2) is 7.27. The third-order valence-electron chi connectivity index (χ3n) is 5.54. The van der Waals surface area contributed by atoms with Crippen molar-refractivity contribution in [1.29, 1.82) is 5.41 Å². The van der Waals surface area contributed by atoms with Crippen molar-refractivity contribution in [3.8, 4) is 0 Å². The van der Waals surface area contributed by atoms with Crippen LogP contribution in [0.1, 0.15) is 30.7 Å². The van der Waals surface area contributed by atoms with Gasteiger partial charge < -0.3 is 10.6 Å². The summed E-state index contributed by atoms with van der Waals surface area (Å²) in [6.45, 7) is 4.33. The van der Waals surface area contributed by atoms with Crippen LogP contribution in [0.5, 0.6) is 0 Å². The van der Waals surface area contributed by atoms with Crippen LogP contribution in [0.2, 0.25) is 0 Å². The van der Waals surface area contributed by atoms with E-state index >= 15 is 0 Å². The van der Waals surface area contributed by atoms with E-state index < -0.39 is 17.6 Å². The number of para-hydroxylation sites is 2. The molecule has 0 unspecified atom stereocenters. The molecule has 1 aromatic heterocycles. The summed E-state index contributed by atoms with van der Waals surface area (Å²) in [5, 5.41) is 8.07. The zero-order valence-corrected chi connectivity index (χ0v) is 17.0. The molecule has 31 heavy (non-hydrogen) atoms. The highest BCUT2D eigenvalue weighted by Gasteiger charge is 2.36. The molecule has 0 bridgehead atoms. The summed E-state index contributed by atoms with van der Waals surface area (Å²) < 4.78 is 38.3. The van der Waals surface area contributed by atoms with Gasteiger partial charge in [0, 0.05) is 17.3 Å². The Labute approximate surface area is 178 Å². The van der Waals surface area contributed by atoms with Gasteiger partial charge in [0.05, 0.1) is 22.8 Å². The first-order valence-electron chi connectivity index (χ1n) is 9.69. The summed E-state index contributed by atoms with van der Waals surface area (Å²) in [5.41, 5.74) is 8.12. The number of hydrogen-bond acceptors (Lipinski definition) is 4. The summed E-state index contributed by atoms with van der Waals surface area (Å²) in [6, 6.07) is 19.5. The Balaban J connectivity index is 1.85. The van der Waals surface area contributed by atoms with Gasteiger partial charge in [0.15, 0.2) is 0 Å². The van der Waals surface area contributed by atoms with E-state index in [2.05, 4.69) is 31.0 Å². The van der Waals surface area contributed by atoms with E-state index in [4.69, 9.17) is 11.1 Å². The number of fused-ring (bicyclic) bond motifs is 2. The highest BCUT2D eigenvalue weighted by Crippen LogP contribution is 2.51. The topological polar surface area (TPSA) is 66.0 Å². The largest absolute Gasteiger partial charge is 0.430 e. The summed E-state index contributed by atoms with van der Waals surface area (Å²) in [6.07, 6.45) is -2.62. The number of nitrogens with zero attached hydrogens (tertiary/aromatic N) is 2. The molecule has 4 rings (SSSR count). The van der Waals surface area contributed by atoms with Gasteiger partial charge in [-0.3, -0.25) is 10.4 Å². The van der Waals surface area contributed by atoms with Crippen LogP contribution in [0.4, 0.5) is 30.2 Å². The number of aromatic nitrogens is 1. The molecule has 2 heterocycles. The Morgan fingerprint density at radius 3 is 2.10 bits per heavy atom. The number of anilines is 3. The predicted molar refractivity (Wildman–Crippen MR) is 116 cm³/mol. The van der Waals surface area contributed by atoms with Gasteiger partial charge in [0.25, 0.3) is 0 Å². The monoisotopic (exact) mass is 422 g/mol. The molecule has 2 aromatic carbocycles. The minimum Gasteiger partial charge on any atom is -0.395 e. The Morgan fingerprint density at radius 2 is 1.55 bits per heavy atom. The molecule has 3 aromatic rings. The van der Waals surface area contributed by atoms with Gasteiger partial charge >= 0.3 is 6.18 Å². The van der Waals surface area contributed by atoms with E-state index in [-0.39, 0.29) is 11.1 Å². The Hall–Kier alpha value is -3.61. The first-order valence-corrected chi connectivity index (χ1v) is 9.69. The van der Waals surface area contributed by atoms with Crippen LogP contribution in [0.15, 0.2) is 78.6 Å². The zero-order valence-electron chi connectivity index (χ0n) is 17.0. The molecule has 1 aliphatic heterocycles. The Kier molecular flexibility index (Phi) is 4.84. The summed E-state index contributed by atoms with van der Waals surface area (Å²) >= 11 is 0. The normalized spacial score (nSPS) is 15.3. The number of nitrogens with one attached hydrogen (secondary N) is 1. The lowest BCUT2D eigenvalue weighted by atomic mass is 9.73. The smallest absolute Gasteiger partial charge is 0.395 e. The van der Waals surface area contributed by atoms with E-state index in [1.807, 2.05) is 41.3 Å². The molecule has 7 heteroatoms. The highest BCUT2D eigenvalue weighted by molar-refractivity contribution is 6.06. The minimum absolute atomic E-state index is 0.101. The average Bonchev–Trinajstić information content (AvgIpc) is 2.73. The van der Waals surface area contributed by atoms with Crippen LogP contribution >= 0.6 is 0 Å². The van der Waals surface area contributed by atoms with E-state index in [0.717, 1.165) is 22.5 Å². The fourth-order valence-electron chi connectivity index (χ4n) is 3.96. The number of benzene rings is 2. The maximum Gasteiger partial charge on any atom is 0.430 e. The van der Waals surface area contributed by atoms with E-state index in [1.165, 1.54) is 6.20 Å². The van der Waals surface area contributed by atoms with Crippen LogP contribution in [0.3, 0.4) is 0 Å². The van der Waals surface area contributed by atoms with Crippen molar-refractivity contribution in [2.75, 3.05) is 4.90 Å². The molecule has 0 fully saturated rings. The number of hydrogen-bond donors (Lipinski definition) is 2. The SMILES string of the molecule is CC1(C)c2ccccc2N(c2ccnc(C(=N)C=C(N)C(F)(F)F)c2)c2ccccc21. The second-order valence-electron chi connectivity index (χ2n) is 7.91. The van der Waals surface area contributed by atoms with Crippen LogP contribution in [-0.2, 0) is 5.41 Å². The standard InChI is InChI=1S/C24H21F3N4/c1-23(2)16-7-3-5-9-20(16)31(21-10-6-4-8-17(21)23)15-11-12-30-19(13-15)18(28)14-22(29)24(25,26)27/h3-14,28H,29H2,1-2H3. The third kappa shape index (κ3) is 3.56. The molecule has 3 N–H and O–H groups in total. The predicted octanol–water partition coefficient (Wildman–Crippen LogP) is 5.96. The maximum atomic E-state index is 12.8. The van der Waals surface area contributed by atoms with Crippen molar-refractivity contribution in [1.82, 2.24) is 4.98 Å². The van der Waals surface area contributed by atoms with Gasteiger partial charge in [-0.05, 0) is 41.5 Å². The maximum absolute atomic E-state index is 12.8. The van der Waals surface area contributed by atoms with Crippen LogP contribution in [-0.4, -0.2) is 16.9 Å². The first kappa shape index (κ1) is 20.7. The zero-order chi connectivity index (χ0) is 22.4. The molecule has 0 saturated heterocycles. The number of pyridine rings is 1. The fourth-order valence-corrected chi connectivity index (χ4v) is 3.96. The molecule has 0 aliphatic carbocycles. The van der Waals surface area contributed by atoms with E-state index in [9.17, 15) is 13.2 Å². The fraction of sp³-hybridized carbons (Fsp3) is 0.167. The van der Waals surface area contributed by atoms with Crippen LogP contribution in [0, 0.1) is 5.41 Å². The molecule has 0 spiro atoms. The number of allylic oxidation sites excluding steroid dienone is 2. The lowest BCUT2D eigenvalue weighted by Crippen LogP contribution is -2.30. The van der Waals surface area contributed by atoms with Gasteiger partial charge in [-0.1, -0.05) is 50.2 Å². The van der Waals surface area contributed by atoms with Gasteiger partial charge in [0.2, 0.25) is 0 Å². The molecule has 0 amide bonds. The summed E-state index contributed by atoms with van der Waals surface area (Å²) in [7, 11) is 0. The van der Waals surface area contributed by atoms with Crippen molar-refractivity contribution < 1.29 is 13.2 Å². The van der Waals surface area contributed by atoms with Crippen molar-refractivity contribution in [3.63, 3.8) is 0 Å². The third-order valence-corrected chi connectivity index (χ3v) is 5.54. The molecule has 0 atom stereocenters. The van der Waals surface area contributed by atoms with Gasteiger partial charge in [0.1, 0.15) is 5.70 Å². The number of halogens is 3. The van der Waals surface area contributed by atoms with Crippen molar-refractivity contribution in [3.05, 3.63) is 95.5 Å². The number of alkyl halides is 3. The molecular formula is C24H21F3N4. The number of nitrogens with two attached hydrogens (primary N) is 1. The summed E-state index contributed by atoms with van der Waals surface area (Å²) in [5.74, 6) is 0. The Bertz CT molecular complexity index is 1150. The second-order valence-corrected chi connectivity index (χ2v) is 7.91. The summed E-state index contributed by atoms with van der Waals surface area (Å²) in [4.78, 5) is 6.14. The lowest BCUT2D eigenvalue weighted by Gasteiger charge is -2.42. The minimum atomic E-state index is -4.69. The first-order chi connectivity index (χ1) is 14.6. The molecule has 0 saturated carbocycles. The van der Waals surface area contributed by atoms with Crippen LogP contribution in [0.25, 0.3) is 0 Å². The average molecular weight is 422 g/mol. The van der Waals surface area contributed by atoms with E-state index in [1.54, 1.807) is 12.1 Å². The quantitative estimate of drug-likeness (QED) is 0.512. The molecular weight excluding hydrogens is 401 g/mol. The van der Waals surface area contributed by atoms with Gasteiger partial charge in [-0.2, -0.15) is 13.2 Å².